The summed E-state index contributed by atoms with van der Waals surface area (Å²) in [5.74, 6) is 0.637. The molecule has 39 heavy (non-hydrogen) atoms. The predicted molar refractivity (Wildman–Crippen MR) is 154 cm³/mol. The Morgan fingerprint density at radius 2 is 2.05 bits per heavy atom. The Balaban J connectivity index is 1.26. The third-order valence-corrected chi connectivity index (χ3v) is 8.98. The number of anilines is 2. The molecule has 0 saturated heterocycles. The van der Waals surface area contributed by atoms with E-state index in [1.165, 1.54) is 17.7 Å². The fourth-order valence-corrected chi connectivity index (χ4v) is 6.66. The van der Waals surface area contributed by atoms with Gasteiger partial charge in [-0.05, 0) is 54.9 Å². The van der Waals surface area contributed by atoms with Gasteiger partial charge in [-0.3, -0.25) is 5.32 Å². The molecule has 1 fully saturated rings. The molecule has 9 nitrogen and oxygen atoms in total. The molecule has 3 aromatic heterocycles. The summed E-state index contributed by atoms with van der Waals surface area (Å²) in [5, 5.41) is 28.5. The highest BCUT2D eigenvalue weighted by molar-refractivity contribution is 7.11. The van der Waals surface area contributed by atoms with Crippen LogP contribution < -0.4 is 11.1 Å². The van der Waals surface area contributed by atoms with Gasteiger partial charge in [-0.15, -0.1) is 11.3 Å². The third kappa shape index (κ3) is 5.68. The number of hydrogen-bond acceptors (Lipinski definition) is 9. The molecule has 0 unspecified atom stereocenters. The maximum atomic E-state index is 12.1. The number of thiophene rings is 1. The highest BCUT2D eigenvalue weighted by atomic mass is 32.1. The lowest BCUT2D eigenvalue weighted by Crippen LogP contribution is -2.34. The van der Waals surface area contributed by atoms with Gasteiger partial charge < -0.3 is 20.7 Å². The van der Waals surface area contributed by atoms with Crippen molar-refractivity contribution in [2.75, 3.05) is 17.7 Å². The molecule has 10 heteroatoms. The molecule has 1 aromatic carbocycles. The normalized spacial score (nSPS) is 22.9. The number of nitrogens with one attached hydrogen (secondary N) is 1. The van der Waals surface area contributed by atoms with Crippen molar-refractivity contribution in [1.29, 1.82) is 0 Å². The van der Waals surface area contributed by atoms with Crippen molar-refractivity contribution >= 4 is 50.9 Å². The Labute approximate surface area is 231 Å². The second-order valence-corrected chi connectivity index (χ2v) is 11.6. The van der Waals surface area contributed by atoms with Gasteiger partial charge in [0, 0.05) is 21.6 Å². The van der Waals surface area contributed by atoms with Gasteiger partial charge in [-0.1, -0.05) is 38.8 Å². The number of carbonyl (C=O) groups is 1. The Bertz CT molecular complexity index is 1480. The number of benzene rings is 1. The molecule has 0 spiro atoms. The van der Waals surface area contributed by atoms with Crippen LogP contribution in [0.25, 0.3) is 21.8 Å². The van der Waals surface area contributed by atoms with Gasteiger partial charge in [0.15, 0.2) is 0 Å². The number of aromatic nitrogens is 3. The molecule has 3 heterocycles. The Morgan fingerprint density at radius 1 is 1.23 bits per heavy atom. The number of amides is 1. The van der Waals surface area contributed by atoms with E-state index in [1.54, 1.807) is 6.07 Å². The van der Waals surface area contributed by atoms with E-state index < -0.39 is 23.7 Å². The second-order valence-electron chi connectivity index (χ2n) is 10.7. The molecule has 0 aliphatic heterocycles. The monoisotopic (exact) mass is 549 g/mol. The lowest BCUT2D eigenvalue weighted by molar-refractivity contribution is -0.0199. The molecule has 5 N–H and O–H groups in total. The van der Waals surface area contributed by atoms with Gasteiger partial charge in [-0.25, -0.2) is 19.7 Å². The summed E-state index contributed by atoms with van der Waals surface area (Å²) in [6.45, 7) is 4.53. The van der Waals surface area contributed by atoms with Crippen molar-refractivity contribution in [3.63, 3.8) is 0 Å². The Kier molecular flexibility index (Phi) is 7.97. The highest BCUT2D eigenvalue weighted by Gasteiger charge is 2.50. The van der Waals surface area contributed by atoms with Crippen molar-refractivity contribution in [3.8, 4) is 0 Å². The van der Waals surface area contributed by atoms with Crippen LogP contribution in [0, 0.1) is 5.41 Å². The molecule has 4 atom stereocenters. The predicted octanol–water partition coefficient (Wildman–Crippen LogP) is 5.41. The third-order valence-electron chi connectivity index (χ3n) is 7.88. The number of aryl methyl sites for hydroxylation is 1. The average Bonchev–Trinajstić information content (AvgIpc) is 3.46. The molecule has 1 saturated carbocycles. The number of pyridine rings is 1. The second kappa shape index (κ2) is 11.4. The summed E-state index contributed by atoms with van der Waals surface area (Å²) < 4.78 is 5.23. The minimum absolute atomic E-state index is 0.226. The molecule has 5 rings (SSSR count). The SMILES string of the molecule is CCCCCOC(=O)Nc1ccc2ccc(CC[C@@]3(C)C[C@@H](c4scc5c(N)ncnc45)[C@H](O)[C@@H]3O)cc2n1. The largest absolute Gasteiger partial charge is 0.449 e. The summed E-state index contributed by atoms with van der Waals surface area (Å²) in [6.07, 6.45) is 4.15. The van der Waals surface area contributed by atoms with Crippen LogP contribution in [-0.2, 0) is 11.2 Å². The van der Waals surface area contributed by atoms with Crippen LogP contribution in [0.4, 0.5) is 16.4 Å². The van der Waals surface area contributed by atoms with E-state index in [-0.39, 0.29) is 5.92 Å². The first-order chi connectivity index (χ1) is 18.8. The molecule has 4 aromatic rings. The van der Waals surface area contributed by atoms with E-state index in [9.17, 15) is 15.0 Å². The minimum atomic E-state index is -0.887. The Hall–Kier alpha value is -3.34. The molecular weight excluding hydrogens is 514 g/mol. The number of fused-ring (bicyclic) bond motifs is 2. The summed E-state index contributed by atoms with van der Waals surface area (Å²) in [6, 6.07) is 9.77. The van der Waals surface area contributed by atoms with Crippen molar-refractivity contribution in [3.05, 3.63) is 52.5 Å². The minimum Gasteiger partial charge on any atom is -0.449 e. The summed E-state index contributed by atoms with van der Waals surface area (Å²) in [4.78, 5) is 26.1. The first kappa shape index (κ1) is 27.2. The van der Waals surface area contributed by atoms with E-state index in [1.807, 2.05) is 30.5 Å². The number of aliphatic hydroxyl groups is 2. The number of nitrogen functional groups attached to an aromatic ring is 1. The van der Waals surface area contributed by atoms with Crippen LogP contribution in [0.2, 0.25) is 0 Å². The fraction of sp³-hybridized carbons (Fsp3) is 0.448. The lowest BCUT2D eigenvalue weighted by atomic mass is 9.80. The van der Waals surface area contributed by atoms with Gasteiger partial charge in [0.1, 0.15) is 18.0 Å². The zero-order valence-corrected chi connectivity index (χ0v) is 23.1. The van der Waals surface area contributed by atoms with Gasteiger partial charge in [0.25, 0.3) is 0 Å². The molecular formula is C29H35N5O4S. The zero-order valence-electron chi connectivity index (χ0n) is 22.3. The number of nitrogens with two attached hydrogens (primary N) is 1. The van der Waals surface area contributed by atoms with E-state index in [4.69, 9.17) is 10.5 Å². The van der Waals surface area contributed by atoms with Gasteiger partial charge in [0.05, 0.1) is 35.2 Å². The molecule has 1 amide bonds. The number of unbranched alkanes of at least 4 members (excludes halogenated alkanes) is 2. The van der Waals surface area contributed by atoms with Crippen LogP contribution in [0.5, 0.6) is 0 Å². The molecule has 0 bridgehead atoms. The van der Waals surface area contributed by atoms with Crippen LogP contribution in [-0.4, -0.2) is 50.1 Å². The Morgan fingerprint density at radius 3 is 2.87 bits per heavy atom. The number of rotatable bonds is 9. The van der Waals surface area contributed by atoms with Crippen LogP contribution in [0.3, 0.4) is 0 Å². The number of ether oxygens (including phenoxy) is 1. The fourth-order valence-electron chi connectivity index (χ4n) is 5.51. The number of aliphatic hydroxyl groups excluding tert-OH is 2. The molecule has 1 aliphatic carbocycles. The van der Waals surface area contributed by atoms with Crippen molar-refractivity contribution in [2.45, 2.75) is 70.5 Å². The van der Waals surface area contributed by atoms with E-state index >= 15 is 0 Å². The molecule has 1 aliphatic rings. The number of hydrogen-bond donors (Lipinski definition) is 4. The van der Waals surface area contributed by atoms with Crippen molar-refractivity contribution < 1.29 is 19.7 Å². The maximum absolute atomic E-state index is 12.1. The van der Waals surface area contributed by atoms with E-state index in [2.05, 4.69) is 33.3 Å². The van der Waals surface area contributed by atoms with Gasteiger partial charge in [0.2, 0.25) is 0 Å². The quantitative estimate of drug-likeness (QED) is 0.203. The average molecular weight is 550 g/mol. The van der Waals surface area contributed by atoms with Crippen molar-refractivity contribution in [1.82, 2.24) is 15.0 Å². The first-order valence-corrected chi connectivity index (χ1v) is 14.3. The van der Waals surface area contributed by atoms with Crippen LogP contribution >= 0.6 is 11.3 Å². The topological polar surface area (TPSA) is 143 Å². The standard InChI is InChI=1S/C29H35N5O4S/c1-3-4-5-12-38-28(37)34-22-9-8-18-7-6-17(13-21(18)33-22)10-11-29(2)14-19(24(35)26(29)36)25-23-20(15-39-25)27(30)32-16-31-23/h6-9,13,15-16,19,24,26,35-36H,3-5,10-12,14H2,1-2H3,(H2,30,31,32)(H,33,34,37)/t19-,24+,26+,29+/m1/s1. The number of nitrogens with zero attached hydrogens (tertiary/aromatic N) is 3. The summed E-state index contributed by atoms with van der Waals surface area (Å²) in [7, 11) is 0. The first-order valence-electron chi connectivity index (χ1n) is 13.5. The van der Waals surface area contributed by atoms with E-state index in [0.717, 1.165) is 51.5 Å². The smallest absolute Gasteiger partial charge is 0.412 e. The summed E-state index contributed by atoms with van der Waals surface area (Å²) >= 11 is 1.51. The zero-order chi connectivity index (χ0) is 27.6. The maximum Gasteiger partial charge on any atom is 0.412 e. The summed E-state index contributed by atoms with van der Waals surface area (Å²) in [5.41, 5.74) is 8.13. The molecule has 0 radical (unpaired) electrons. The molecule has 206 valence electrons. The van der Waals surface area contributed by atoms with Crippen LogP contribution in [0.1, 0.15) is 62.3 Å². The van der Waals surface area contributed by atoms with Crippen molar-refractivity contribution in [2.24, 2.45) is 5.41 Å². The van der Waals surface area contributed by atoms with Gasteiger partial charge in [-0.2, -0.15) is 0 Å². The van der Waals surface area contributed by atoms with Crippen LogP contribution in [0.15, 0.2) is 42.0 Å². The number of carbonyl (C=O) groups excluding carboxylic acids is 1. The van der Waals surface area contributed by atoms with E-state index in [0.29, 0.717) is 37.5 Å². The van der Waals surface area contributed by atoms with Gasteiger partial charge >= 0.3 is 6.09 Å². The lowest BCUT2D eigenvalue weighted by Gasteiger charge is -2.28. The highest BCUT2D eigenvalue weighted by Crippen LogP contribution is 2.51.